The molecule has 0 heterocycles. The Morgan fingerprint density at radius 2 is 1.49 bits per heavy atom. The zero-order valence-corrected chi connectivity index (χ0v) is 25.7. The minimum Gasteiger partial charge on any atom is -0.480 e. The summed E-state index contributed by atoms with van der Waals surface area (Å²) < 4.78 is 10.9. The summed E-state index contributed by atoms with van der Waals surface area (Å²) in [5.74, 6) is -3.30. The van der Waals surface area contributed by atoms with Crippen molar-refractivity contribution >= 4 is 29.2 Å². The van der Waals surface area contributed by atoms with Crippen LogP contribution in [0.1, 0.15) is 60.8 Å². The summed E-state index contributed by atoms with van der Waals surface area (Å²) in [5.41, 5.74) is 7.46. The Morgan fingerprint density at radius 1 is 0.814 bits per heavy atom. The zero-order chi connectivity index (χ0) is 31.2. The molecule has 1 aliphatic rings. The van der Waals surface area contributed by atoms with E-state index in [4.69, 9.17) is 14.6 Å². The average Bonchev–Trinajstić information content (AvgIpc) is 3.44. The Morgan fingerprint density at radius 3 is 2.19 bits per heavy atom. The van der Waals surface area contributed by atoms with Gasteiger partial charge in [-0.2, -0.15) is 0 Å². The molecule has 10 nitrogen and oxygen atoms in total. The van der Waals surface area contributed by atoms with Crippen molar-refractivity contribution in [1.29, 1.82) is 0 Å². The number of aryl methyl sites for hydroxylation is 4. The Hall–Kier alpha value is -3.63. The molecule has 2 unspecified atom stereocenters. The number of carbonyl (C=O) groups excluding carboxylic acids is 1. The monoisotopic (exact) mass is 597 g/mol. The molecule has 3 rings (SSSR count). The van der Waals surface area contributed by atoms with Crippen LogP contribution in [0.5, 0.6) is 0 Å². The van der Waals surface area contributed by atoms with Gasteiger partial charge in [-0.1, -0.05) is 12.1 Å². The lowest BCUT2D eigenvalue weighted by molar-refractivity contribution is -0.175. The number of carboxylic acids is 2. The lowest BCUT2D eigenvalue weighted by atomic mass is 10.1. The fourth-order valence-electron chi connectivity index (χ4n) is 5.15. The van der Waals surface area contributed by atoms with Gasteiger partial charge in [0, 0.05) is 44.7 Å². The number of aliphatic carboxylic acids is 2. The molecule has 0 fully saturated rings. The topological polar surface area (TPSA) is 137 Å². The summed E-state index contributed by atoms with van der Waals surface area (Å²) in [6, 6.07) is 12.7. The van der Waals surface area contributed by atoms with Gasteiger partial charge in [-0.25, -0.2) is 9.59 Å². The van der Waals surface area contributed by atoms with Gasteiger partial charge >= 0.3 is 11.9 Å². The molecule has 10 heteroatoms. The molecule has 0 radical (unpaired) electrons. The first-order valence-corrected chi connectivity index (χ1v) is 15.2. The summed E-state index contributed by atoms with van der Waals surface area (Å²) in [4.78, 5) is 37.7. The number of unbranched alkanes of at least 4 members (excludes halogenated alkanes) is 3. The molecule has 0 bridgehead atoms. The quantitative estimate of drug-likeness (QED) is 0.161. The molecule has 1 amide bonds. The van der Waals surface area contributed by atoms with E-state index >= 15 is 0 Å². The van der Waals surface area contributed by atoms with Gasteiger partial charge in [0.25, 0.3) is 5.91 Å². The lowest BCUT2D eigenvalue weighted by Crippen LogP contribution is -2.50. The van der Waals surface area contributed by atoms with E-state index in [0.29, 0.717) is 19.5 Å². The van der Waals surface area contributed by atoms with E-state index in [1.54, 1.807) is 7.05 Å². The van der Waals surface area contributed by atoms with E-state index < -0.39 is 36.7 Å². The molecule has 0 saturated heterocycles. The van der Waals surface area contributed by atoms with Crippen molar-refractivity contribution in [3.8, 4) is 0 Å². The zero-order valence-electron chi connectivity index (χ0n) is 25.7. The largest absolute Gasteiger partial charge is 0.480 e. The van der Waals surface area contributed by atoms with E-state index in [1.165, 1.54) is 33.6 Å². The standard InChI is InChI=1S/C33H47N3O7/c1-23-12-14-27(20-24(23)2)34-16-5-4-7-18-36(3)32(39)30(31(33(40)41)43-22-29(37)38)42-19-8-6-17-35-28-15-13-25-10-9-11-26(25)21-28/h12-15,20-21,30-31,34-35H,4-11,16-19,22H2,1-3H3,(H,37,38)(H,40,41). The molecule has 0 saturated carbocycles. The number of fused-ring (bicyclic) bond motifs is 1. The number of rotatable bonds is 20. The fraction of sp³-hybridized carbons (Fsp3) is 0.545. The van der Waals surface area contributed by atoms with Crippen molar-refractivity contribution < 1.29 is 34.1 Å². The number of nitrogens with zero attached hydrogens (tertiary/aromatic N) is 1. The number of carbonyl (C=O) groups is 3. The highest BCUT2D eigenvalue weighted by Gasteiger charge is 2.37. The Labute approximate surface area is 254 Å². The fourth-order valence-corrected chi connectivity index (χ4v) is 5.15. The maximum absolute atomic E-state index is 13.3. The first kappa shape index (κ1) is 33.9. The second kappa shape index (κ2) is 17.5. The first-order valence-electron chi connectivity index (χ1n) is 15.2. The molecular formula is C33H47N3O7. The lowest BCUT2D eigenvalue weighted by Gasteiger charge is -2.27. The van der Waals surface area contributed by atoms with Crippen LogP contribution in [-0.2, 0) is 36.7 Å². The van der Waals surface area contributed by atoms with Crippen LogP contribution in [0.4, 0.5) is 11.4 Å². The van der Waals surface area contributed by atoms with Gasteiger partial charge in [0.05, 0.1) is 0 Å². The SMILES string of the molecule is Cc1ccc(NCCCCCN(C)C(=O)C(OCCCCNc2ccc3c(c2)CCC3)C(OCC(=O)O)C(=O)O)cc1C. The highest BCUT2D eigenvalue weighted by atomic mass is 16.6. The Bertz CT molecular complexity index is 1220. The van der Waals surface area contributed by atoms with Crippen LogP contribution in [0, 0.1) is 13.8 Å². The van der Waals surface area contributed by atoms with E-state index in [-0.39, 0.29) is 6.61 Å². The van der Waals surface area contributed by atoms with Crippen LogP contribution in [0.15, 0.2) is 36.4 Å². The number of hydrogen-bond donors (Lipinski definition) is 4. The first-order chi connectivity index (χ1) is 20.7. The van der Waals surface area contributed by atoms with Gasteiger partial charge in [-0.3, -0.25) is 4.79 Å². The van der Waals surface area contributed by atoms with Crippen LogP contribution < -0.4 is 10.6 Å². The minimum atomic E-state index is -1.72. The van der Waals surface area contributed by atoms with Gasteiger partial charge in [0.2, 0.25) is 0 Å². The van der Waals surface area contributed by atoms with Crippen LogP contribution >= 0.6 is 0 Å². The normalized spacial score (nSPS) is 13.7. The van der Waals surface area contributed by atoms with Gasteiger partial charge < -0.3 is 35.2 Å². The molecule has 0 spiro atoms. The molecule has 43 heavy (non-hydrogen) atoms. The van der Waals surface area contributed by atoms with E-state index in [1.807, 2.05) is 0 Å². The highest BCUT2D eigenvalue weighted by molar-refractivity contribution is 5.88. The van der Waals surface area contributed by atoms with Crippen LogP contribution in [0.25, 0.3) is 0 Å². The predicted molar refractivity (Wildman–Crippen MR) is 167 cm³/mol. The van der Waals surface area contributed by atoms with Gasteiger partial charge in [-0.05, 0) is 112 Å². The predicted octanol–water partition coefficient (Wildman–Crippen LogP) is 4.66. The van der Waals surface area contributed by atoms with Crippen molar-refractivity contribution in [1.82, 2.24) is 4.90 Å². The Kier molecular flexibility index (Phi) is 13.8. The van der Waals surface area contributed by atoms with Gasteiger partial charge in [0.15, 0.2) is 12.2 Å². The second-order valence-electron chi connectivity index (χ2n) is 11.3. The van der Waals surface area contributed by atoms with Crippen molar-refractivity contribution in [2.45, 2.75) is 77.4 Å². The number of likely N-dealkylation sites (N-methyl/N-ethyl adjacent to an activating group) is 1. The summed E-state index contributed by atoms with van der Waals surface area (Å²) >= 11 is 0. The third-order valence-corrected chi connectivity index (χ3v) is 7.83. The molecule has 2 aromatic carbocycles. The average molecular weight is 598 g/mol. The van der Waals surface area contributed by atoms with E-state index in [2.05, 4.69) is 60.9 Å². The minimum absolute atomic E-state index is 0.139. The summed E-state index contributed by atoms with van der Waals surface area (Å²) in [5, 5.41) is 25.6. The number of anilines is 2. The van der Waals surface area contributed by atoms with E-state index in [9.17, 15) is 19.5 Å². The van der Waals surface area contributed by atoms with Crippen LogP contribution in [0.2, 0.25) is 0 Å². The summed E-state index contributed by atoms with van der Waals surface area (Å²) in [6.07, 6.45) is 4.13. The number of hydrogen-bond acceptors (Lipinski definition) is 7. The third-order valence-electron chi connectivity index (χ3n) is 7.83. The number of nitrogens with one attached hydrogen (secondary N) is 2. The molecule has 2 atom stereocenters. The number of carboxylic acid groups (broad SMARTS) is 2. The number of ether oxygens (including phenoxy) is 2. The molecule has 4 N–H and O–H groups in total. The molecule has 1 aliphatic carbocycles. The third kappa shape index (κ3) is 11.2. The van der Waals surface area contributed by atoms with Crippen LogP contribution in [-0.4, -0.2) is 85.1 Å². The molecule has 0 aromatic heterocycles. The molecule has 2 aromatic rings. The number of amides is 1. The summed E-state index contributed by atoms with van der Waals surface area (Å²) in [6.45, 7) is 5.39. The molecular weight excluding hydrogens is 550 g/mol. The summed E-state index contributed by atoms with van der Waals surface area (Å²) in [7, 11) is 1.60. The van der Waals surface area contributed by atoms with Crippen LogP contribution in [0.3, 0.4) is 0 Å². The van der Waals surface area contributed by atoms with Crippen molar-refractivity contribution in [3.63, 3.8) is 0 Å². The smallest absolute Gasteiger partial charge is 0.336 e. The molecule has 236 valence electrons. The maximum Gasteiger partial charge on any atom is 0.336 e. The number of benzene rings is 2. The van der Waals surface area contributed by atoms with Gasteiger partial charge in [-0.15, -0.1) is 0 Å². The Balaban J connectivity index is 1.44. The highest BCUT2D eigenvalue weighted by Crippen LogP contribution is 2.25. The molecule has 0 aliphatic heterocycles. The maximum atomic E-state index is 13.3. The van der Waals surface area contributed by atoms with Crippen molar-refractivity contribution in [3.05, 3.63) is 58.7 Å². The second-order valence-corrected chi connectivity index (χ2v) is 11.3. The van der Waals surface area contributed by atoms with Crippen molar-refractivity contribution in [2.24, 2.45) is 0 Å². The van der Waals surface area contributed by atoms with Gasteiger partial charge in [0.1, 0.15) is 6.61 Å². The van der Waals surface area contributed by atoms with E-state index in [0.717, 1.165) is 56.4 Å². The van der Waals surface area contributed by atoms with Crippen molar-refractivity contribution in [2.75, 3.05) is 50.5 Å².